The average Bonchev–Trinajstić information content (AvgIpc) is 3.23. The van der Waals surface area contributed by atoms with E-state index in [1.54, 1.807) is 37.2 Å². The first-order chi connectivity index (χ1) is 14.1. The molecule has 4 rings (SSSR count). The Kier molecular flexibility index (Phi) is 5.11. The van der Waals surface area contributed by atoms with E-state index in [-0.39, 0.29) is 6.03 Å². The number of nitrogens with zero attached hydrogens (tertiary/aromatic N) is 5. The number of carbonyl (C=O) groups is 1. The van der Waals surface area contributed by atoms with Gasteiger partial charge in [0.25, 0.3) is 0 Å². The van der Waals surface area contributed by atoms with Crippen molar-refractivity contribution >= 4 is 6.03 Å². The van der Waals surface area contributed by atoms with E-state index in [0.717, 1.165) is 39.2 Å². The van der Waals surface area contributed by atoms with Crippen molar-refractivity contribution in [3.8, 4) is 22.4 Å². The molecule has 0 aliphatic heterocycles. The molecule has 1 amide bonds. The Labute approximate surface area is 168 Å². The number of nitrogens with one attached hydrogen (secondary N) is 1. The van der Waals surface area contributed by atoms with Crippen LogP contribution < -0.4 is 5.32 Å². The van der Waals surface area contributed by atoms with Crippen LogP contribution in [0.1, 0.15) is 16.8 Å². The third-order valence-corrected chi connectivity index (χ3v) is 4.53. The van der Waals surface area contributed by atoms with E-state index in [4.69, 9.17) is 0 Å². The van der Waals surface area contributed by atoms with Gasteiger partial charge in [0, 0.05) is 59.9 Å². The number of hydrogen-bond donors (Lipinski definition) is 1. The van der Waals surface area contributed by atoms with E-state index in [9.17, 15) is 4.79 Å². The second-order valence-corrected chi connectivity index (χ2v) is 6.77. The predicted octanol–water partition coefficient (Wildman–Crippen LogP) is 3.78. The number of amides is 1. The van der Waals surface area contributed by atoms with Crippen LogP contribution in [0.3, 0.4) is 0 Å². The molecule has 144 valence electrons. The molecule has 0 saturated carbocycles. The topological polar surface area (TPSA) is 85.6 Å². The monoisotopic (exact) mass is 384 g/mol. The molecular formula is C22H20N6O. The summed E-state index contributed by atoms with van der Waals surface area (Å²) in [5.74, 6) is 0. The standard InChI is InChI=1S/C22H20N6O/c1-15-8-17(10-25-21(15)18-5-7-24-16(2)9-18)11-26-22(29)28-14-20(13-27-28)19-4-3-6-23-12-19/h3-10,12-14H,11H2,1-2H3,(H,26,29). The Balaban J connectivity index is 1.43. The molecule has 0 fully saturated rings. The van der Waals surface area contributed by atoms with E-state index in [2.05, 4.69) is 25.4 Å². The van der Waals surface area contributed by atoms with Crippen LogP contribution in [0.25, 0.3) is 22.4 Å². The van der Waals surface area contributed by atoms with Gasteiger partial charge >= 0.3 is 6.03 Å². The van der Waals surface area contributed by atoms with Gasteiger partial charge in [0.1, 0.15) is 0 Å². The molecule has 0 bridgehead atoms. The van der Waals surface area contributed by atoms with E-state index >= 15 is 0 Å². The van der Waals surface area contributed by atoms with Crippen LogP contribution in [0.2, 0.25) is 0 Å². The number of carbonyl (C=O) groups excluding carboxylic acids is 1. The number of hydrogen-bond acceptors (Lipinski definition) is 5. The quantitative estimate of drug-likeness (QED) is 0.579. The van der Waals surface area contributed by atoms with Crippen LogP contribution >= 0.6 is 0 Å². The smallest absolute Gasteiger partial charge is 0.332 e. The van der Waals surface area contributed by atoms with E-state index < -0.39 is 0 Å². The summed E-state index contributed by atoms with van der Waals surface area (Å²) in [4.78, 5) is 25.3. The highest BCUT2D eigenvalue weighted by Crippen LogP contribution is 2.22. The third-order valence-electron chi connectivity index (χ3n) is 4.53. The zero-order valence-corrected chi connectivity index (χ0v) is 16.2. The summed E-state index contributed by atoms with van der Waals surface area (Å²) in [6.07, 6.45) is 10.3. The lowest BCUT2D eigenvalue weighted by Gasteiger charge is -2.09. The fourth-order valence-corrected chi connectivity index (χ4v) is 3.10. The maximum atomic E-state index is 12.4. The maximum absolute atomic E-state index is 12.4. The number of aromatic nitrogens is 5. The fourth-order valence-electron chi connectivity index (χ4n) is 3.10. The van der Waals surface area contributed by atoms with Crippen molar-refractivity contribution in [2.75, 3.05) is 0 Å². The summed E-state index contributed by atoms with van der Waals surface area (Å²) < 4.78 is 1.29. The molecule has 0 aromatic carbocycles. The highest BCUT2D eigenvalue weighted by Gasteiger charge is 2.10. The molecule has 0 saturated heterocycles. The molecule has 0 spiro atoms. The average molecular weight is 384 g/mol. The molecule has 0 aliphatic carbocycles. The molecule has 29 heavy (non-hydrogen) atoms. The lowest BCUT2D eigenvalue weighted by molar-refractivity contribution is 0.239. The van der Waals surface area contributed by atoms with Gasteiger partial charge in [0.15, 0.2) is 0 Å². The lowest BCUT2D eigenvalue weighted by Crippen LogP contribution is -2.28. The molecule has 0 radical (unpaired) electrons. The van der Waals surface area contributed by atoms with Crippen molar-refractivity contribution in [2.45, 2.75) is 20.4 Å². The van der Waals surface area contributed by atoms with Gasteiger partial charge in [-0.1, -0.05) is 12.1 Å². The SMILES string of the molecule is Cc1cc(-c2ncc(CNC(=O)n3cc(-c4cccnc4)cn3)cc2C)ccn1. The zero-order valence-electron chi connectivity index (χ0n) is 16.2. The van der Waals surface area contributed by atoms with Gasteiger partial charge in [0.2, 0.25) is 0 Å². The predicted molar refractivity (Wildman–Crippen MR) is 110 cm³/mol. The molecule has 4 heterocycles. The van der Waals surface area contributed by atoms with Crippen LogP contribution in [0, 0.1) is 13.8 Å². The molecule has 0 unspecified atom stereocenters. The number of pyridine rings is 3. The van der Waals surface area contributed by atoms with Gasteiger partial charge < -0.3 is 5.32 Å². The van der Waals surface area contributed by atoms with E-state index in [1.165, 1.54) is 4.68 Å². The minimum absolute atomic E-state index is 0.299. The van der Waals surface area contributed by atoms with Crippen molar-refractivity contribution in [1.29, 1.82) is 0 Å². The van der Waals surface area contributed by atoms with Crippen LogP contribution in [0.5, 0.6) is 0 Å². The fraction of sp³-hybridized carbons (Fsp3) is 0.136. The number of rotatable bonds is 4. The third kappa shape index (κ3) is 4.19. The van der Waals surface area contributed by atoms with Crippen LogP contribution in [0.15, 0.2) is 67.5 Å². The van der Waals surface area contributed by atoms with Gasteiger partial charge in [-0.15, -0.1) is 0 Å². The molecule has 0 atom stereocenters. The van der Waals surface area contributed by atoms with Crippen molar-refractivity contribution in [3.05, 3.63) is 84.3 Å². The van der Waals surface area contributed by atoms with Crippen LogP contribution in [-0.4, -0.2) is 30.8 Å². The van der Waals surface area contributed by atoms with Gasteiger partial charge in [-0.05, 0) is 43.2 Å². The Morgan fingerprint density at radius 1 is 1.00 bits per heavy atom. The molecule has 0 aliphatic rings. The molecule has 4 aromatic rings. The minimum Gasteiger partial charge on any atom is -0.332 e. The summed E-state index contributed by atoms with van der Waals surface area (Å²) in [5, 5.41) is 7.01. The van der Waals surface area contributed by atoms with Crippen molar-refractivity contribution in [1.82, 2.24) is 30.0 Å². The van der Waals surface area contributed by atoms with E-state index in [1.807, 2.05) is 44.2 Å². The van der Waals surface area contributed by atoms with Crippen LogP contribution in [-0.2, 0) is 6.54 Å². The molecule has 1 N–H and O–H groups in total. The Hall–Kier alpha value is -3.87. The first kappa shape index (κ1) is 18.5. The zero-order chi connectivity index (χ0) is 20.2. The largest absolute Gasteiger partial charge is 0.342 e. The van der Waals surface area contributed by atoms with Gasteiger partial charge in [-0.25, -0.2) is 4.79 Å². The second kappa shape index (κ2) is 8.02. The second-order valence-electron chi connectivity index (χ2n) is 6.77. The summed E-state index contributed by atoms with van der Waals surface area (Å²) in [6, 6.07) is 9.45. The van der Waals surface area contributed by atoms with Crippen LogP contribution in [0.4, 0.5) is 4.79 Å². The van der Waals surface area contributed by atoms with Gasteiger partial charge in [-0.2, -0.15) is 9.78 Å². The Bertz CT molecular complexity index is 1150. The summed E-state index contributed by atoms with van der Waals surface area (Å²) in [6.45, 7) is 4.33. The summed E-state index contributed by atoms with van der Waals surface area (Å²) in [5.41, 5.74) is 6.61. The van der Waals surface area contributed by atoms with Crippen molar-refractivity contribution in [3.63, 3.8) is 0 Å². The first-order valence-electron chi connectivity index (χ1n) is 9.22. The summed E-state index contributed by atoms with van der Waals surface area (Å²) >= 11 is 0. The molecule has 7 heteroatoms. The normalized spacial score (nSPS) is 10.7. The van der Waals surface area contributed by atoms with E-state index in [0.29, 0.717) is 6.54 Å². The highest BCUT2D eigenvalue weighted by molar-refractivity contribution is 5.77. The Morgan fingerprint density at radius 3 is 2.66 bits per heavy atom. The van der Waals surface area contributed by atoms with Gasteiger partial charge in [0.05, 0.1) is 11.9 Å². The molecule has 4 aromatic heterocycles. The van der Waals surface area contributed by atoms with Crippen molar-refractivity contribution in [2.24, 2.45) is 0 Å². The summed E-state index contributed by atoms with van der Waals surface area (Å²) in [7, 11) is 0. The maximum Gasteiger partial charge on any atom is 0.342 e. The molecule has 7 nitrogen and oxygen atoms in total. The molecular weight excluding hydrogens is 364 g/mol. The Morgan fingerprint density at radius 2 is 1.90 bits per heavy atom. The first-order valence-corrected chi connectivity index (χ1v) is 9.22. The lowest BCUT2D eigenvalue weighted by atomic mass is 10.1. The highest BCUT2D eigenvalue weighted by atomic mass is 16.2. The van der Waals surface area contributed by atoms with Gasteiger partial charge in [-0.3, -0.25) is 15.0 Å². The number of aryl methyl sites for hydroxylation is 2. The minimum atomic E-state index is -0.299. The van der Waals surface area contributed by atoms with Crippen molar-refractivity contribution < 1.29 is 4.79 Å².